The summed E-state index contributed by atoms with van der Waals surface area (Å²) < 4.78 is 6.84. The van der Waals surface area contributed by atoms with E-state index in [1.165, 1.54) is 19.0 Å². The maximum absolute atomic E-state index is 12.7. The van der Waals surface area contributed by atoms with Crippen LogP contribution in [-0.4, -0.2) is 47.3 Å². The molecule has 0 bridgehead atoms. The van der Waals surface area contributed by atoms with Gasteiger partial charge in [-0.05, 0) is 55.8 Å². The topological polar surface area (TPSA) is 76.5 Å². The molecule has 1 fully saturated rings. The van der Waals surface area contributed by atoms with Crippen LogP contribution in [0.1, 0.15) is 24.4 Å². The van der Waals surface area contributed by atoms with E-state index in [1.807, 2.05) is 24.3 Å². The Morgan fingerprint density at radius 2 is 1.87 bits per heavy atom. The van der Waals surface area contributed by atoms with Crippen molar-refractivity contribution in [3.8, 4) is 5.75 Å². The van der Waals surface area contributed by atoms with E-state index in [0.717, 1.165) is 24.4 Å². The molecule has 156 valence electrons. The Morgan fingerprint density at radius 1 is 1.13 bits per heavy atom. The minimum atomic E-state index is -0.143. The van der Waals surface area contributed by atoms with Crippen LogP contribution in [0.25, 0.3) is 10.9 Å². The first-order chi connectivity index (χ1) is 14.7. The van der Waals surface area contributed by atoms with E-state index < -0.39 is 0 Å². The highest BCUT2D eigenvalue weighted by Crippen LogP contribution is 2.26. The van der Waals surface area contributed by atoms with Gasteiger partial charge in [0.1, 0.15) is 12.3 Å². The minimum Gasteiger partial charge on any atom is -0.497 e. The Hall–Kier alpha value is -3.19. The molecule has 1 saturated heterocycles. The molecule has 0 unspecified atom stereocenters. The zero-order valence-electron chi connectivity index (χ0n) is 17.1. The minimum absolute atomic E-state index is 0.0656. The van der Waals surface area contributed by atoms with E-state index in [-0.39, 0.29) is 23.9 Å². The quantitative estimate of drug-likeness (QED) is 0.652. The second kappa shape index (κ2) is 9.09. The lowest BCUT2D eigenvalue weighted by Gasteiger charge is -2.28. The fourth-order valence-electron chi connectivity index (χ4n) is 4.03. The number of para-hydroxylation sites is 1. The number of hydrogen-bond donors (Lipinski definition) is 1. The molecule has 0 aliphatic carbocycles. The summed E-state index contributed by atoms with van der Waals surface area (Å²) in [5.41, 5.74) is 1.67. The molecule has 0 spiro atoms. The largest absolute Gasteiger partial charge is 0.497 e. The number of methoxy groups -OCH3 is 1. The molecule has 2 aromatic carbocycles. The number of aromatic nitrogens is 2. The Labute approximate surface area is 175 Å². The van der Waals surface area contributed by atoms with Gasteiger partial charge in [-0.15, -0.1) is 0 Å². The van der Waals surface area contributed by atoms with Crippen molar-refractivity contribution in [1.82, 2.24) is 20.0 Å². The monoisotopic (exact) mass is 406 g/mol. The smallest absolute Gasteiger partial charge is 0.241 e. The summed E-state index contributed by atoms with van der Waals surface area (Å²) in [5.74, 6) is 0.688. The fraction of sp³-hybridized carbons (Fsp3) is 0.348. The van der Waals surface area contributed by atoms with Gasteiger partial charge >= 0.3 is 0 Å². The van der Waals surface area contributed by atoms with Crippen molar-refractivity contribution in [2.24, 2.45) is 0 Å². The van der Waals surface area contributed by atoms with Gasteiger partial charge in [-0.25, -0.2) is 0 Å². The highest BCUT2D eigenvalue weighted by molar-refractivity contribution is 5.81. The number of carbonyl (C=O) groups excluding carboxylic acids is 1. The summed E-state index contributed by atoms with van der Waals surface area (Å²) in [7, 11) is 1.65. The number of ether oxygens (including phenoxy) is 1. The van der Waals surface area contributed by atoms with Crippen LogP contribution in [0.15, 0.2) is 59.5 Å². The van der Waals surface area contributed by atoms with Crippen LogP contribution < -0.4 is 15.5 Å². The van der Waals surface area contributed by atoms with Gasteiger partial charge in [-0.2, -0.15) is 5.10 Å². The Balaban J connectivity index is 1.47. The van der Waals surface area contributed by atoms with Crippen LogP contribution >= 0.6 is 0 Å². The highest BCUT2D eigenvalue weighted by Gasteiger charge is 2.24. The van der Waals surface area contributed by atoms with E-state index in [2.05, 4.69) is 27.4 Å². The molecule has 1 amide bonds. The molecule has 1 aromatic heterocycles. The van der Waals surface area contributed by atoms with Crippen molar-refractivity contribution in [1.29, 1.82) is 0 Å². The summed E-state index contributed by atoms with van der Waals surface area (Å²) in [4.78, 5) is 27.1. The standard InChI is InChI=1S/C23H26N4O3/c1-30-18-10-8-17(9-11-18)21(26-12-4-5-13-26)14-24-23(29)16-27-20-7-3-2-6-19(20)22(28)15-25-27/h2-3,6-11,15,21H,4-5,12-14,16H2,1H3,(H,24,29)/t21-/m1/s1. The van der Waals surface area contributed by atoms with Gasteiger partial charge in [0.25, 0.3) is 0 Å². The third kappa shape index (κ3) is 4.36. The second-order valence-corrected chi connectivity index (χ2v) is 7.52. The van der Waals surface area contributed by atoms with Gasteiger partial charge in [0, 0.05) is 11.9 Å². The Kier molecular flexibility index (Phi) is 6.09. The molecule has 7 nitrogen and oxygen atoms in total. The first kappa shape index (κ1) is 20.1. The molecule has 2 heterocycles. The first-order valence-corrected chi connectivity index (χ1v) is 10.3. The summed E-state index contributed by atoms with van der Waals surface area (Å²) in [6, 6.07) is 15.3. The first-order valence-electron chi connectivity index (χ1n) is 10.3. The predicted molar refractivity (Wildman–Crippen MR) is 116 cm³/mol. The zero-order valence-corrected chi connectivity index (χ0v) is 17.1. The maximum atomic E-state index is 12.7. The number of hydrogen-bond acceptors (Lipinski definition) is 5. The zero-order chi connectivity index (χ0) is 20.9. The summed E-state index contributed by atoms with van der Waals surface area (Å²) in [6.07, 6.45) is 3.61. The van der Waals surface area contributed by atoms with Crippen LogP contribution in [0.5, 0.6) is 5.75 Å². The van der Waals surface area contributed by atoms with E-state index in [1.54, 1.807) is 23.9 Å². The fourth-order valence-corrected chi connectivity index (χ4v) is 4.03. The van der Waals surface area contributed by atoms with Crippen LogP contribution in [0.3, 0.4) is 0 Å². The average Bonchev–Trinajstić information content (AvgIpc) is 3.31. The molecule has 0 saturated carbocycles. The van der Waals surface area contributed by atoms with Crippen LogP contribution in [0, 0.1) is 0 Å². The number of rotatable bonds is 7. The molecule has 1 atom stereocenters. The molecule has 1 aliphatic rings. The van der Waals surface area contributed by atoms with E-state index in [4.69, 9.17) is 4.74 Å². The van der Waals surface area contributed by atoms with E-state index in [0.29, 0.717) is 17.4 Å². The van der Waals surface area contributed by atoms with Gasteiger partial charge in [0.2, 0.25) is 11.3 Å². The number of benzene rings is 2. The van der Waals surface area contributed by atoms with E-state index in [9.17, 15) is 9.59 Å². The normalized spacial score (nSPS) is 15.2. The lowest BCUT2D eigenvalue weighted by atomic mass is 10.1. The number of nitrogens with zero attached hydrogens (tertiary/aromatic N) is 3. The Bertz CT molecular complexity index is 1070. The summed E-state index contributed by atoms with van der Waals surface area (Å²) >= 11 is 0. The summed E-state index contributed by atoms with van der Waals surface area (Å²) in [6.45, 7) is 2.64. The van der Waals surface area contributed by atoms with E-state index >= 15 is 0 Å². The molecule has 1 N–H and O–H groups in total. The number of nitrogens with one attached hydrogen (secondary N) is 1. The van der Waals surface area contributed by atoms with Crippen molar-refractivity contribution in [3.63, 3.8) is 0 Å². The third-order valence-corrected chi connectivity index (χ3v) is 5.63. The number of amides is 1. The van der Waals surface area contributed by atoms with Gasteiger partial charge in [0.15, 0.2) is 0 Å². The highest BCUT2D eigenvalue weighted by atomic mass is 16.5. The van der Waals surface area contributed by atoms with Gasteiger partial charge in [-0.3, -0.25) is 19.2 Å². The van der Waals surface area contributed by atoms with Crippen molar-refractivity contribution in [2.75, 3.05) is 26.7 Å². The molecular formula is C23H26N4O3. The molecule has 4 rings (SSSR count). The van der Waals surface area contributed by atoms with Crippen molar-refractivity contribution in [2.45, 2.75) is 25.4 Å². The maximum Gasteiger partial charge on any atom is 0.241 e. The van der Waals surface area contributed by atoms with Gasteiger partial charge < -0.3 is 10.1 Å². The molecular weight excluding hydrogens is 380 g/mol. The van der Waals surface area contributed by atoms with Crippen LogP contribution in [-0.2, 0) is 11.3 Å². The summed E-state index contributed by atoms with van der Waals surface area (Å²) in [5, 5.41) is 7.77. The molecule has 1 aliphatic heterocycles. The molecule has 3 aromatic rings. The van der Waals surface area contributed by atoms with Gasteiger partial charge in [0.05, 0.1) is 24.9 Å². The number of carbonyl (C=O) groups is 1. The van der Waals surface area contributed by atoms with Crippen molar-refractivity contribution in [3.05, 3.63) is 70.5 Å². The van der Waals surface area contributed by atoms with Gasteiger partial charge in [-0.1, -0.05) is 24.3 Å². The lowest BCUT2D eigenvalue weighted by molar-refractivity contribution is -0.122. The van der Waals surface area contributed by atoms with Crippen molar-refractivity contribution < 1.29 is 9.53 Å². The van der Waals surface area contributed by atoms with Crippen molar-refractivity contribution >= 4 is 16.8 Å². The average molecular weight is 406 g/mol. The number of fused-ring (bicyclic) bond motifs is 1. The molecule has 7 heteroatoms. The molecule has 0 radical (unpaired) electrons. The van der Waals surface area contributed by atoms with Crippen LogP contribution in [0.2, 0.25) is 0 Å². The second-order valence-electron chi connectivity index (χ2n) is 7.52. The molecule has 30 heavy (non-hydrogen) atoms. The predicted octanol–water partition coefficient (Wildman–Crippen LogP) is 2.36. The Morgan fingerprint density at radius 3 is 2.60 bits per heavy atom. The SMILES string of the molecule is COc1ccc([C@@H](CNC(=O)Cn2ncc(=O)c3ccccc32)N2CCCC2)cc1. The lowest BCUT2D eigenvalue weighted by Crippen LogP contribution is -2.38. The third-order valence-electron chi connectivity index (χ3n) is 5.63. The van der Waals surface area contributed by atoms with Crippen LogP contribution in [0.4, 0.5) is 0 Å². The number of likely N-dealkylation sites (tertiary alicyclic amines) is 1.